The summed E-state index contributed by atoms with van der Waals surface area (Å²) in [6, 6.07) is 7.01. The Morgan fingerprint density at radius 3 is 2.40 bits per heavy atom. The third-order valence-electron chi connectivity index (χ3n) is 5.70. The van der Waals surface area contributed by atoms with E-state index in [0.29, 0.717) is 35.0 Å². The van der Waals surface area contributed by atoms with Gasteiger partial charge in [-0.25, -0.2) is 13.2 Å². The highest BCUT2D eigenvalue weighted by molar-refractivity contribution is 5.93. The molecule has 0 radical (unpaired) electrons. The zero-order valence-electron chi connectivity index (χ0n) is 16.1. The van der Waals surface area contributed by atoms with E-state index in [-0.39, 0.29) is 23.3 Å². The highest BCUT2D eigenvalue weighted by atomic mass is 19.1. The summed E-state index contributed by atoms with van der Waals surface area (Å²) in [7, 11) is 0. The van der Waals surface area contributed by atoms with E-state index in [0.717, 1.165) is 6.07 Å². The number of H-pyrrole nitrogens is 1. The molecule has 0 unspecified atom stereocenters. The van der Waals surface area contributed by atoms with Gasteiger partial charge in [0.15, 0.2) is 0 Å². The standard InChI is InChI=1S/C22H20F3N3O2/c1-10(21(26)29)27-22(30)13-6-12(7-13)18-16-8-15(24)9-17(25)20(16)28-19(18)11-2-4-14(23)5-3-11/h2-5,8-10,12-13,28H,6-7H2,1H3,(H2,26,29)(H,27,30)/t10-,12?,13?/m1/s1. The highest BCUT2D eigenvalue weighted by Crippen LogP contribution is 2.48. The van der Waals surface area contributed by atoms with E-state index in [1.165, 1.54) is 25.1 Å². The Morgan fingerprint density at radius 1 is 1.10 bits per heavy atom. The first-order chi connectivity index (χ1) is 14.2. The van der Waals surface area contributed by atoms with E-state index in [2.05, 4.69) is 10.3 Å². The van der Waals surface area contributed by atoms with Gasteiger partial charge in [-0.15, -0.1) is 0 Å². The molecule has 1 fully saturated rings. The number of benzene rings is 2. The van der Waals surface area contributed by atoms with Crippen LogP contribution in [0.25, 0.3) is 22.2 Å². The van der Waals surface area contributed by atoms with Crippen LogP contribution in [0.4, 0.5) is 13.2 Å². The monoisotopic (exact) mass is 415 g/mol. The fourth-order valence-electron chi connectivity index (χ4n) is 3.98. The number of nitrogens with two attached hydrogens (primary N) is 1. The van der Waals surface area contributed by atoms with Crippen LogP contribution in [0.2, 0.25) is 0 Å². The molecular formula is C22H20F3N3O2. The first-order valence-electron chi connectivity index (χ1n) is 9.60. The molecule has 8 heteroatoms. The Kier molecular flexibility index (Phi) is 5.01. The summed E-state index contributed by atoms with van der Waals surface area (Å²) < 4.78 is 41.7. The van der Waals surface area contributed by atoms with Crippen LogP contribution in [-0.2, 0) is 9.59 Å². The maximum Gasteiger partial charge on any atom is 0.239 e. The molecular weight excluding hydrogens is 395 g/mol. The first-order valence-corrected chi connectivity index (χ1v) is 9.60. The summed E-state index contributed by atoms with van der Waals surface area (Å²) in [4.78, 5) is 26.5. The Hall–Kier alpha value is -3.29. The Bertz CT molecular complexity index is 1130. The lowest BCUT2D eigenvalue weighted by atomic mass is 9.69. The van der Waals surface area contributed by atoms with Gasteiger partial charge in [0.1, 0.15) is 23.5 Å². The zero-order chi connectivity index (χ0) is 21.6. The van der Waals surface area contributed by atoms with Crippen LogP contribution in [0.1, 0.15) is 31.2 Å². The maximum atomic E-state index is 14.4. The number of hydrogen-bond acceptors (Lipinski definition) is 2. The van der Waals surface area contributed by atoms with Crippen molar-refractivity contribution in [3.05, 3.63) is 59.4 Å². The molecule has 30 heavy (non-hydrogen) atoms. The van der Waals surface area contributed by atoms with Gasteiger partial charge in [-0.1, -0.05) is 0 Å². The van der Waals surface area contributed by atoms with Crippen molar-refractivity contribution >= 4 is 22.7 Å². The van der Waals surface area contributed by atoms with Crippen LogP contribution in [0.3, 0.4) is 0 Å². The molecule has 1 saturated carbocycles. The summed E-state index contributed by atoms with van der Waals surface area (Å²) >= 11 is 0. The SMILES string of the molecule is C[C@@H](NC(=O)C1CC(c2c(-c3ccc(F)cc3)[nH]c3c(F)cc(F)cc23)C1)C(N)=O. The fourth-order valence-corrected chi connectivity index (χ4v) is 3.98. The smallest absolute Gasteiger partial charge is 0.239 e. The number of aromatic amines is 1. The number of carbonyl (C=O) groups excluding carboxylic acids is 2. The third kappa shape index (κ3) is 3.53. The van der Waals surface area contributed by atoms with E-state index in [1.54, 1.807) is 12.1 Å². The van der Waals surface area contributed by atoms with Crippen LogP contribution in [0, 0.1) is 23.4 Å². The molecule has 1 aromatic heterocycles. The molecule has 0 aliphatic heterocycles. The van der Waals surface area contributed by atoms with Crippen molar-refractivity contribution < 1.29 is 22.8 Å². The molecule has 0 bridgehead atoms. The van der Waals surface area contributed by atoms with Crippen molar-refractivity contribution in [1.29, 1.82) is 0 Å². The second kappa shape index (κ2) is 7.51. The van der Waals surface area contributed by atoms with Gasteiger partial charge in [0.05, 0.1) is 11.2 Å². The second-order valence-corrected chi connectivity index (χ2v) is 7.73. The molecule has 1 heterocycles. The van der Waals surface area contributed by atoms with Crippen LogP contribution in [-0.4, -0.2) is 22.8 Å². The number of aromatic nitrogens is 1. The summed E-state index contributed by atoms with van der Waals surface area (Å²) in [6.45, 7) is 1.51. The minimum absolute atomic E-state index is 0.125. The van der Waals surface area contributed by atoms with Gasteiger partial charge in [-0.3, -0.25) is 9.59 Å². The lowest BCUT2D eigenvalue weighted by Crippen LogP contribution is -2.47. The van der Waals surface area contributed by atoms with E-state index < -0.39 is 29.4 Å². The van der Waals surface area contributed by atoms with Crippen molar-refractivity contribution in [2.75, 3.05) is 0 Å². The van der Waals surface area contributed by atoms with Gasteiger partial charge in [0, 0.05) is 17.4 Å². The number of carbonyl (C=O) groups is 2. The quantitative estimate of drug-likeness (QED) is 0.593. The Labute approximate surface area is 170 Å². The topological polar surface area (TPSA) is 88.0 Å². The lowest BCUT2D eigenvalue weighted by Gasteiger charge is -2.35. The number of hydrogen-bond donors (Lipinski definition) is 3. The summed E-state index contributed by atoms with van der Waals surface area (Å²) in [5, 5.41) is 2.98. The third-order valence-corrected chi connectivity index (χ3v) is 5.70. The molecule has 0 saturated heterocycles. The van der Waals surface area contributed by atoms with Gasteiger partial charge in [-0.05, 0) is 67.1 Å². The van der Waals surface area contributed by atoms with Gasteiger partial charge in [-0.2, -0.15) is 0 Å². The average Bonchev–Trinajstić information content (AvgIpc) is 3.00. The van der Waals surface area contributed by atoms with Crippen LogP contribution in [0.5, 0.6) is 0 Å². The second-order valence-electron chi connectivity index (χ2n) is 7.73. The molecule has 2 amide bonds. The molecule has 156 valence electrons. The summed E-state index contributed by atoms with van der Waals surface area (Å²) in [5.41, 5.74) is 7.25. The maximum absolute atomic E-state index is 14.4. The minimum atomic E-state index is -0.775. The van der Waals surface area contributed by atoms with Crippen LogP contribution >= 0.6 is 0 Å². The molecule has 1 atom stereocenters. The van der Waals surface area contributed by atoms with Crippen molar-refractivity contribution in [2.45, 2.75) is 31.7 Å². The van der Waals surface area contributed by atoms with Crippen LogP contribution < -0.4 is 11.1 Å². The number of halogens is 3. The molecule has 5 nitrogen and oxygen atoms in total. The number of amides is 2. The molecule has 0 spiro atoms. The summed E-state index contributed by atoms with van der Waals surface area (Å²) in [5.74, 6) is -3.18. The lowest BCUT2D eigenvalue weighted by molar-refractivity contribution is -0.131. The fraction of sp³-hybridized carbons (Fsp3) is 0.273. The number of rotatable bonds is 5. The van der Waals surface area contributed by atoms with Gasteiger partial charge >= 0.3 is 0 Å². The largest absolute Gasteiger partial charge is 0.368 e. The normalized spacial score (nSPS) is 19.3. The van der Waals surface area contributed by atoms with E-state index in [4.69, 9.17) is 5.73 Å². The van der Waals surface area contributed by atoms with Gasteiger partial charge in [0.25, 0.3) is 0 Å². The van der Waals surface area contributed by atoms with Crippen molar-refractivity contribution in [2.24, 2.45) is 11.7 Å². The Balaban J connectivity index is 1.68. The molecule has 1 aliphatic carbocycles. The molecule has 4 N–H and O–H groups in total. The van der Waals surface area contributed by atoms with E-state index in [1.807, 2.05) is 0 Å². The number of fused-ring (bicyclic) bond motifs is 1. The predicted molar refractivity (Wildman–Crippen MR) is 106 cm³/mol. The molecule has 4 rings (SSSR count). The minimum Gasteiger partial charge on any atom is -0.368 e. The predicted octanol–water partition coefficient (Wildman–Crippen LogP) is 3.74. The molecule has 1 aliphatic rings. The average molecular weight is 415 g/mol. The van der Waals surface area contributed by atoms with Crippen molar-refractivity contribution in [1.82, 2.24) is 10.3 Å². The van der Waals surface area contributed by atoms with Gasteiger partial charge < -0.3 is 16.0 Å². The van der Waals surface area contributed by atoms with Gasteiger partial charge in [0.2, 0.25) is 11.8 Å². The van der Waals surface area contributed by atoms with E-state index >= 15 is 0 Å². The zero-order valence-corrected chi connectivity index (χ0v) is 16.1. The molecule has 3 aromatic rings. The first kappa shape index (κ1) is 20.0. The van der Waals surface area contributed by atoms with E-state index in [9.17, 15) is 22.8 Å². The van der Waals surface area contributed by atoms with Crippen molar-refractivity contribution in [3.8, 4) is 11.3 Å². The highest BCUT2D eigenvalue weighted by Gasteiger charge is 2.39. The van der Waals surface area contributed by atoms with Crippen LogP contribution in [0.15, 0.2) is 36.4 Å². The molecule has 2 aromatic carbocycles. The Morgan fingerprint density at radius 2 is 1.77 bits per heavy atom. The number of primary amides is 1. The number of nitrogens with one attached hydrogen (secondary N) is 2. The van der Waals surface area contributed by atoms with Crippen molar-refractivity contribution in [3.63, 3.8) is 0 Å². The summed E-state index contributed by atoms with van der Waals surface area (Å²) in [6.07, 6.45) is 0.910.